The Kier molecular flexibility index (Phi) is 3.06. The van der Waals surface area contributed by atoms with E-state index in [1.165, 1.54) is 6.42 Å². The van der Waals surface area contributed by atoms with Crippen LogP contribution in [-0.2, 0) is 9.47 Å². The van der Waals surface area contributed by atoms with E-state index in [9.17, 15) is 5.11 Å². The SMILES string of the molecule is C[C@@H]1CC[C@@H]([C@]2(C)COC(C)(C)O2)[C@H](O)C1. The molecule has 0 aromatic rings. The van der Waals surface area contributed by atoms with E-state index >= 15 is 0 Å². The highest BCUT2D eigenvalue weighted by Crippen LogP contribution is 2.43. The third-order valence-electron chi connectivity index (χ3n) is 4.05. The van der Waals surface area contributed by atoms with Crippen molar-refractivity contribution in [2.75, 3.05) is 6.61 Å². The van der Waals surface area contributed by atoms with E-state index in [0.717, 1.165) is 12.8 Å². The summed E-state index contributed by atoms with van der Waals surface area (Å²) in [5.74, 6) is 0.341. The Morgan fingerprint density at radius 2 is 1.88 bits per heavy atom. The normalized spacial score (nSPS) is 48.2. The average Bonchev–Trinajstić information content (AvgIpc) is 2.41. The van der Waals surface area contributed by atoms with Crippen molar-refractivity contribution in [3.05, 3.63) is 0 Å². The number of hydrogen-bond acceptors (Lipinski definition) is 3. The van der Waals surface area contributed by atoms with Gasteiger partial charge in [0.25, 0.3) is 0 Å². The molecule has 0 unspecified atom stereocenters. The lowest BCUT2D eigenvalue weighted by Crippen LogP contribution is -2.47. The molecule has 0 amide bonds. The summed E-state index contributed by atoms with van der Waals surface area (Å²) in [7, 11) is 0. The number of ether oxygens (including phenoxy) is 2. The molecule has 1 N–H and O–H groups in total. The fourth-order valence-corrected chi connectivity index (χ4v) is 3.18. The van der Waals surface area contributed by atoms with Crippen LogP contribution in [0.1, 0.15) is 47.0 Å². The molecule has 0 radical (unpaired) electrons. The molecular weight excluding hydrogens is 204 g/mol. The zero-order valence-electron chi connectivity index (χ0n) is 10.8. The molecule has 0 spiro atoms. The van der Waals surface area contributed by atoms with Crippen molar-refractivity contribution in [2.45, 2.75) is 64.4 Å². The molecule has 2 fully saturated rings. The van der Waals surface area contributed by atoms with Gasteiger partial charge in [-0.05, 0) is 39.5 Å². The van der Waals surface area contributed by atoms with Gasteiger partial charge in [-0.25, -0.2) is 0 Å². The molecule has 2 aliphatic rings. The van der Waals surface area contributed by atoms with Gasteiger partial charge in [-0.3, -0.25) is 0 Å². The van der Waals surface area contributed by atoms with Gasteiger partial charge in [0.05, 0.1) is 18.3 Å². The van der Waals surface area contributed by atoms with Crippen molar-refractivity contribution in [3.8, 4) is 0 Å². The summed E-state index contributed by atoms with van der Waals surface area (Å²) in [5.41, 5.74) is -0.316. The first-order chi connectivity index (χ1) is 7.32. The van der Waals surface area contributed by atoms with Crippen LogP contribution in [0.2, 0.25) is 0 Å². The number of hydrogen-bond donors (Lipinski definition) is 1. The van der Waals surface area contributed by atoms with Crippen molar-refractivity contribution >= 4 is 0 Å². The van der Waals surface area contributed by atoms with Gasteiger partial charge in [-0.2, -0.15) is 0 Å². The Morgan fingerprint density at radius 3 is 2.38 bits per heavy atom. The summed E-state index contributed by atoms with van der Waals surface area (Å²) in [5, 5.41) is 10.2. The molecule has 3 heteroatoms. The maximum atomic E-state index is 10.2. The molecule has 0 aromatic carbocycles. The third-order valence-corrected chi connectivity index (χ3v) is 4.05. The molecule has 4 atom stereocenters. The van der Waals surface area contributed by atoms with Crippen LogP contribution < -0.4 is 0 Å². The summed E-state index contributed by atoms with van der Waals surface area (Å²) in [6.45, 7) is 8.76. The first-order valence-electron chi connectivity index (χ1n) is 6.35. The molecule has 1 aliphatic carbocycles. The largest absolute Gasteiger partial charge is 0.393 e. The van der Waals surface area contributed by atoms with Crippen LogP contribution in [0.5, 0.6) is 0 Å². The topological polar surface area (TPSA) is 38.7 Å². The van der Waals surface area contributed by atoms with E-state index in [4.69, 9.17) is 9.47 Å². The average molecular weight is 228 g/mol. The lowest BCUT2D eigenvalue weighted by Gasteiger charge is -2.41. The molecule has 3 nitrogen and oxygen atoms in total. The van der Waals surface area contributed by atoms with Crippen LogP contribution in [0, 0.1) is 11.8 Å². The highest BCUT2D eigenvalue weighted by molar-refractivity contribution is 4.95. The predicted molar refractivity (Wildman–Crippen MR) is 62.0 cm³/mol. The van der Waals surface area contributed by atoms with Crippen molar-refractivity contribution in [1.29, 1.82) is 0 Å². The van der Waals surface area contributed by atoms with Gasteiger partial charge in [0, 0.05) is 5.92 Å². The highest BCUT2D eigenvalue weighted by Gasteiger charge is 2.50. The second-order valence-electron chi connectivity index (χ2n) is 6.20. The van der Waals surface area contributed by atoms with Crippen LogP contribution >= 0.6 is 0 Å². The van der Waals surface area contributed by atoms with Gasteiger partial charge < -0.3 is 14.6 Å². The van der Waals surface area contributed by atoms with Gasteiger partial charge in [-0.15, -0.1) is 0 Å². The minimum Gasteiger partial charge on any atom is -0.393 e. The smallest absolute Gasteiger partial charge is 0.163 e. The Bertz CT molecular complexity index is 264. The summed E-state index contributed by atoms with van der Waals surface area (Å²) in [6.07, 6.45) is 2.87. The van der Waals surface area contributed by atoms with Gasteiger partial charge >= 0.3 is 0 Å². The Balaban J connectivity index is 2.07. The van der Waals surface area contributed by atoms with Crippen molar-refractivity contribution < 1.29 is 14.6 Å². The van der Waals surface area contributed by atoms with Gasteiger partial charge in [0.2, 0.25) is 0 Å². The van der Waals surface area contributed by atoms with Crippen LogP contribution in [0.4, 0.5) is 0 Å². The zero-order valence-corrected chi connectivity index (χ0v) is 10.8. The van der Waals surface area contributed by atoms with E-state index in [1.54, 1.807) is 0 Å². The standard InChI is InChI=1S/C13H24O3/c1-9-5-6-10(11(14)7-9)13(4)8-15-12(2,3)16-13/h9-11,14H,5-8H2,1-4H3/t9-,10-,11-,13+/m1/s1. The fraction of sp³-hybridized carbons (Fsp3) is 1.00. The summed E-state index contributed by atoms with van der Waals surface area (Å²) >= 11 is 0. The van der Waals surface area contributed by atoms with Gasteiger partial charge in [0.1, 0.15) is 0 Å². The lowest BCUT2D eigenvalue weighted by atomic mass is 9.73. The van der Waals surface area contributed by atoms with E-state index in [-0.39, 0.29) is 17.6 Å². The van der Waals surface area contributed by atoms with Crippen LogP contribution in [0.3, 0.4) is 0 Å². The first kappa shape index (κ1) is 12.3. The number of rotatable bonds is 1. The Labute approximate surface area is 98.1 Å². The minimum absolute atomic E-state index is 0.213. The number of aliphatic hydroxyl groups excluding tert-OH is 1. The second kappa shape index (κ2) is 3.97. The van der Waals surface area contributed by atoms with E-state index in [0.29, 0.717) is 12.5 Å². The van der Waals surface area contributed by atoms with Gasteiger partial charge in [-0.1, -0.05) is 13.3 Å². The fourth-order valence-electron chi connectivity index (χ4n) is 3.18. The van der Waals surface area contributed by atoms with Crippen molar-refractivity contribution in [3.63, 3.8) is 0 Å². The lowest BCUT2D eigenvalue weighted by molar-refractivity contribution is -0.182. The molecular formula is C13H24O3. The Hall–Kier alpha value is -0.120. The Morgan fingerprint density at radius 1 is 1.19 bits per heavy atom. The molecule has 1 heterocycles. The molecule has 1 aliphatic heterocycles. The first-order valence-corrected chi connectivity index (χ1v) is 6.35. The summed E-state index contributed by atoms with van der Waals surface area (Å²) in [6, 6.07) is 0. The maximum absolute atomic E-state index is 10.2. The van der Waals surface area contributed by atoms with Crippen LogP contribution in [-0.4, -0.2) is 29.2 Å². The molecule has 1 saturated heterocycles. The van der Waals surface area contributed by atoms with Crippen molar-refractivity contribution in [2.24, 2.45) is 11.8 Å². The molecule has 0 aromatic heterocycles. The van der Waals surface area contributed by atoms with Crippen LogP contribution in [0.25, 0.3) is 0 Å². The molecule has 0 bridgehead atoms. The van der Waals surface area contributed by atoms with Crippen LogP contribution in [0.15, 0.2) is 0 Å². The summed E-state index contributed by atoms with van der Waals surface area (Å²) in [4.78, 5) is 0. The number of aliphatic hydroxyl groups is 1. The predicted octanol–water partition coefficient (Wildman–Crippen LogP) is 2.33. The van der Waals surface area contributed by atoms with Crippen molar-refractivity contribution in [1.82, 2.24) is 0 Å². The molecule has 1 saturated carbocycles. The maximum Gasteiger partial charge on any atom is 0.163 e. The van der Waals surface area contributed by atoms with Gasteiger partial charge in [0.15, 0.2) is 5.79 Å². The molecule has 94 valence electrons. The summed E-state index contributed by atoms with van der Waals surface area (Å²) < 4.78 is 11.7. The quantitative estimate of drug-likeness (QED) is 0.748. The monoisotopic (exact) mass is 228 g/mol. The highest BCUT2D eigenvalue weighted by atomic mass is 16.8. The van der Waals surface area contributed by atoms with E-state index in [2.05, 4.69) is 13.8 Å². The second-order valence-corrected chi connectivity index (χ2v) is 6.20. The van der Waals surface area contributed by atoms with E-state index in [1.807, 2.05) is 13.8 Å². The molecule has 2 rings (SSSR count). The molecule has 16 heavy (non-hydrogen) atoms. The third kappa shape index (κ3) is 2.27. The zero-order chi connectivity index (χ0) is 12.0. The minimum atomic E-state index is -0.502. The van der Waals surface area contributed by atoms with E-state index < -0.39 is 5.79 Å².